The molecular weight excluding hydrogens is 358 g/mol. The van der Waals surface area contributed by atoms with Crippen molar-refractivity contribution in [3.63, 3.8) is 0 Å². The monoisotopic (exact) mass is 383 g/mol. The summed E-state index contributed by atoms with van der Waals surface area (Å²) in [6, 6.07) is 10.8. The molecule has 3 rings (SSSR count). The number of likely N-dealkylation sites (N-methyl/N-ethyl adjacent to an activating group) is 1. The summed E-state index contributed by atoms with van der Waals surface area (Å²) in [5.74, 6) is 2.10. The van der Waals surface area contributed by atoms with Gasteiger partial charge < -0.3 is 19.0 Å². The average molecular weight is 383 g/mol. The maximum atomic E-state index is 12.5. The van der Waals surface area contributed by atoms with Gasteiger partial charge in [-0.3, -0.25) is 9.69 Å². The van der Waals surface area contributed by atoms with Gasteiger partial charge in [-0.1, -0.05) is 5.16 Å². The average Bonchev–Trinajstić information content (AvgIpc) is 3.31. The van der Waals surface area contributed by atoms with E-state index in [1.54, 1.807) is 30.5 Å². The molecule has 1 N–H and O–H groups in total. The van der Waals surface area contributed by atoms with E-state index in [1.807, 2.05) is 45.0 Å². The molecule has 0 saturated carbocycles. The van der Waals surface area contributed by atoms with Crippen LogP contribution in [0.25, 0.3) is 0 Å². The van der Waals surface area contributed by atoms with Crippen molar-refractivity contribution in [1.29, 1.82) is 0 Å². The van der Waals surface area contributed by atoms with Crippen molar-refractivity contribution in [2.75, 3.05) is 20.6 Å². The minimum atomic E-state index is -0.143. The van der Waals surface area contributed by atoms with E-state index in [0.29, 0.717) is 24.5 Å². The summed E-state index contributed by atoms with van der Waals surface area (Å²) in [4.78, 5) is 14.5. The first-order valence-electron chi connectivity index (χ1n) is 9.08. The van der Waals surface area contributed by atoms with Crippen LogP contribution >= 0.6 is 0 Å². The summed E-state index contributed by atoms with van der Waals surface area (Å²) in [6.45, 7) is 4.56. The van der Waals surface area contributed by atoms with Crippen LogP contribution in [0.1, 0.15) is 39.2 Å². The van der Waals surface area contributed by atoms with Crippen LogP contribution < -0.4 is 10.1 Å². The van der Waals surface area contributed by atoms with Crippen molar-refractivity contribution >= 4 is 5.91 Å². The highest BCUT2D eigenvalue weighted by Gasteiger charge is 2.18. The minimum Gasteiger partial charge on any atom is -0.489 e. The molecule has 0 spiro atoms. The first-order chi connectivity index (χ1) is 13.5. The SMILES string of the molecule is Cc1noc(C)c1COc1ccc(C(=O)NCC(c2ccco2)N(C)C)cc1. The Hall–Kier alpha value is -3.06. The Kier molecular flexibility index (Phi) is 6.16. The molecule has 0 aliphatic carbocycles. The Balaban J connectivity index is 1.56. The molecule has 7 heteroatoms. The molecule has 1 unspecified atom stereocenters. The number of carbonyl (C=O) groups is 1. The number of hydrogen-bond acceptors (Lipinski definition) is 6. The number of amides is 1. The molecule has 1 amide bonds. The Morgan fingerprint density at radius 1 is 1.21 bits per heavy atom. The molecule has 1 aromatic carbocycles. The zero-order chi connectivity index (χ0) is 20.1. The molecule has 2 aromatic heterocycles. The fraction of sp³-hybridized carbons (Fsp3) is 0.333. The van der Waals surface area contributed by atoms with Crippen LogP contribution in [0.5, 0.6) is 5.75 Å². The number of benzene rings is 1. The second-order valence-electron chi connectivity index (χ2n) is 6.82. The van der Waals surface area contributed by atoms with Gasteiger partial charge in [0.1, 0.15) is 23.9 Å². The largest absolute Gasteiger partial charge is 0.489 e. The van der Waals surface area contributed by atoms with Gasteiger partial charge in [-0.05, 0) is 64.3 Å². The zero-order valence-corrected chi connectivity index (χ0v) is 16.6. The summed E-state index contributed by atoms with van der Waals surface area (Å²) < 4.78 is 16.4. The van der Waals surface area contributed by atoms with Crippen LogP contribution in [-0.4, -0.2) is 36.6 Å². The topological polar surface area (TPSA) is 80.7 Å². The molecule has 28 heavy (non-hydrogen) atoms. The lowest BCUT2D eigenvalue weighted by molar-refractivity contribution is 0.0939. The summed E-state index contributed by atoms with van der Waals surface area (Å²) in [5.41, 5.74) is 2.33. The number of aryl methyl sites for hydroxylation is 2. The number of furan rings is 1. The van der Waals surface area contributed by atoms with E-state index in [4.69, 9.17) is 13.7 Å². The number of nitrogens with zero attached hydrogens (tertiary/aromatic N) is 2. The van der Waals surface area contributed by atoms with Gasteiger partial charge in [0.15, 0.2) is 0 Å². The van der Waals surface area contributed by atoms with Gasteiger partial charge in [-0.25, -0.2) is 0 Å². The Bertz CT molecular complexity index is 879. The normalized spacial score (nSPS) is 12.2. The molecule has 3 aromatic rings. The van der Waals surface area contributed by atoms with Gasteiger partial charge in [0.05, 0.1) is 23.6 Å². The van der Waals surface area contributed by atoms with Crippen molar-refractivity contribution in [2.45, 2.75) is 26.5 Å². The highest BCUT2D eigenvalue weighted by atomic mass is 16.5. The summed E-state index contributed by atoms with van der Waals surface area (Å²) in [5, 5.41) is 6.87. The fourth-order valence-corrected chi connectivity index (χ4v) is 2.88. The molecule has 0 radical (unpaired) electrons. The standard InChI is InChI=1S/C21H25N3O4/c1-14-18(15(2)28-23-14)13-27-17-9-7-16(8-10-17)21(25)22-12-19(24(3)4)20-6-5-11-26-20/h5-11,19H,12-13H2,1-4H3,(H,22,25). The van der Waals surface area contributed by atoms with E-state index >= 15 is 0 Å². The van der Waals surface area contributed by atoms with E-state index in [0.717, 1.165) is 22.8 Å². The van der Waals surface area contributed by atoms with Gasteiger partial charge in [0.2, 0.25) is 0 Å². The summed E-state index contributed by atoms with van der Waals surface area (Å²) in [6.07, 6.45) is 1.63. The molecule has 0 aliphatic heterocycles. The lowest BCUT2D eigenvalue weighted by Gasteiger charge is -2.22. The minimum absolute atomic E-state index is 0.0309. The smallest absolute Gasteiger partial charge is 0.251 e. The van der Waals surface area contributed by atoms with Crippen molar-refractivity contribution in [2.24, 2.45) is 0 Å². The summed E-state index contributed by atoms with van der Waals surface area (Å²) in [7, 11) is 3.90. The van der Waals surface area contributed by atoms with E-state index < -0.39 is 0 Å². The number of aromatic nitrogens is 1. The maximum Gasteiger partial charge on any atom is 0.251 e. The van der Waals surface area contributed by atoms with Crippen LogP contribution in [0.15, 0.2) is 51.6 Å². The van der Waals surface area contributed by atoms with Crippen molar-refractivity contribution in [3.8, 4) is 5.75 Å². The second kappa shape index (κ2) is 8.75. The molecule has 1 atom stereocenters. The molecular formula is C21H25N3O4. The van der Waals surface area contributed by atoms with Crippen LogP contribution in [0.3, 0.4) is 0 Å². The third-order valence-electron chi connectivity index (χ3n) is 4.63. The molecule has 2 heterocycles. The van der Waals surface area contributed by atoms with E-state index in [2.05, 4.69) is 10.5 Å². The van der Waals surface area contributed by atoms with Crippen molar-refractivity contribution < 1.29 is 18.5 Å². The third kappa shape index (κ3) is 4.61. The van der Waals surface area contributed by atoms with E-state index in [-0.39, 0.29) is 11.9 Å². The fourth-order valence-electron chi connectivity index (χ4n) is 2.88. The van der Waals surface area contributed by atoms with Gasteiger partial charge in [0, 0.05) is 12.1 Å². The number of carbonyl (C=O) groups excluding carboxylic acids is 1. The third-order valence-corrected chi connectivity index (χ3v) is 4.63. The number of rotatable bonds is 8. The molecule has 7 nitrogen and oxygen atoms in total. The molecule has 0 saturated heterocycles. The number of ether oxygens (including phenoxy) is 1. The highest BCUT2D eigenvalue weighted by Crippen LogP contribution is 2.19. The number of nitrogens with one attached hydrogen (secondary N) is 1. The van der Waals surface area contributed by atoms with Gasteiger partial charge in [-0.15, -0.1) is 0 Å². The summed E-state index contributed by atoms with van der Waals surface area (Å²) >= 11 is 0. The number of hydrogen-bond donors (Lipinski definition) is 1. The lowest BCUT2D eigenvalue weighted by Crippen LogP contribution is -2.34. The van der Waals surface area contributed by atoms with Gasteiger partial charge in [0.25, 0.3) is 5.91 Å². The van der Waals surface area contributed by atoms with Crippen LogP contribution in [0.2, 0.25) is 0 Å². The van der Waals surface area contributed by atoms with Crippen LogP contribution in [0, 0.1) is 13.8 Å². The van der Waals surface area contributed by atoms with Crippen molar-refractivity contribution in [1.82, 2.24) is 15.4 Å². The van der Waals surface area contributed by atoms with Crippen LogP contribution in [-0.2, 0) is 6.61 Å². The van der Waals surface area contributed by atoms with Crippen molar-refractivity contribution in [3.05, 3.63) is 71.0 Å². The predicted molar refractivity (Wildman–Crippen MR) is 104 cm³/mol. The second-order valence-corrected chi connectivity index (χ2v) is 6.82. The first-order valence-corrected chi connectivity index (χ1v) is 9.08. The molecule has 0 bridgehead atoms. The Labute approximate surface area is 164 Å². The highest BCUT2D eigenvalue weighted by molar-refractivity contribution is 5.94. The quantitative estimate of drug-likeness (QED) is 0.641. The van der Waals surface area contributed by atoms with Crippen LogP contribution in [0.4, 0.5) is 0 Å². The lowest BCUT2D eigenvalue weighted by atomic mass is 10.1. The maximum absolute atomic E-state index is 12.5. The zero-order valence-electron chi connectivity index (χ0n) is 16.6. The van der Waals surface area contributed by atoms with E-state index in [9.17, 15) is 4.79 Å². The Morgan fingerprint density at radius 2 is 1.96 bits per heavy atom. The van der Waals surface area contributed by atoms with Gasteiger partial charge in [-0.2, -0.15) is 0 Å². The Morgan fingerprint density at radius 3 is 2.54 bits per heavy atom. The van der Waals surface area contributed by atoms with E-state index in [1.165, 1.54) is 0 Å². The molecule has 0 fully saturated rings. The molecule has 148 valence electrons. The van der Waals surface area contributed by atoms with Gasteiger partial charge >= 0.3 is 0 Å². The molecule has 0 aliphatic rings. The first kappa shape index (κ1) is 19.7. The predicted octanol–water partition coefficient (Wildman–Crippen LogP) is 3.50.